The van der Waals surface area contributed by atoms with Gasteiger partial charge in [-0.25, -0.2) is 4.98 Å². The number of ether oxygens (including phenoxy) is 1. The third kappa shape index (κ3) is 2.33. The van der Waals surface area contributed by atoms with E-state index in [4.69, 9.17) is 21.3 Å². The summed E-state index contributed by atoms with van der Waals surface area (Å²) in [6.45, 7) is 7.25. The molecule has 0 aliphatic carbocycles. The summed E-state index contributed by atoms with van der Waals surface area (Å²) >= 11 is 6.13. The van der Waals surface area contributed by atoms with Crippen LogP contribution in [0.15, 0.2) is 18.2 Å². The van der Waals surface area contributed by atoms with Crippen molar-refractivity contribution in [3.05, 3.63) is 29.6 Å². The molecule has 1 aromatic heterocycles. The first-order valence-corrected chi connectivity index (χ1v) is 7.71. The van der Waals surface area contributed by atoms with Gasteiger partial charge in [-0.05, 0) is 45.2 Å². The maximum Gasteiger partial charge on any atom is 0.125 e. The highest BCUT2D eigenvalue weighted by molar-refractivity contribution is 6.16. The molecule has 1 aliphatic heterocycles. The van der Waals surface area contributed by atoms with Gasteiger partial charge in [-0.3, -0.25) is 0 Å². The van der Waals surface area contributed by atoms with Crippen molar-refractivity contribution in [3.63, 3.8) is 0 Å². The molecule has 20 heavy (non-hydrogen) atoms. The van der Waals surface area contributed by atoms with Crippen LogP contribution in [0.4, 0.5) is 0 Å². The minimum atomic E-state index is -0.0776. The van der Waals surface area contributed by atoms with Crippen molar-refractivity contribution in [2.75, 3.05) is 6.61 Å². The van der Waals surface area contributed by atoms with E-state index in [-0.39, 0.29) is 5.60 Å². The number of alkyl halides is 1. The number of hydrogen-bond donors (Lipinski definition) is 0. The van der Waals surface area contributed by atoms with E-state index in [1.165, 1.54) is 11.1 Å². The molecule has 0 saturated carbocycles. The predicted octanol–water partition coefficient (Wildman–Crippen LogP) is 4.21. The summed E-state index contributed by atoms with van der Waals surface area (Å²) in [6, 6.07) is 6.68. The second-order valence-electron chi connectivity index (χ2n) is 6.23. The Morgan fingerprint density at radius 1 is 1.45 bits per heavy atom. The van der Waals surface area contributed by atoms with E-state index in [0.29, 0.717) is 11.9 Å². The van der Waals surface area contributed by atoms with E-state index in [1.807, 2.05) is 0 Å². The maximum atomic E-state index is 6.13. The van der Waals surface area contributed by atoms with E-state index in [2.05, 4.69) is 43.5 Å². The van der Waals surface area contributed by atoms with E-state index < -0.39 is 0 Å². The number of para-hydroxylation sites is 1. The Bertz CT molecular complexity index is 633. The van der Waals surface area contributed by atoms with Gasteiger partial charge in [-0.1, -0.05) is 12.1 Å². The first-order chi connectivity index (χ1) is 9.52. The molecule has 1 saturated heterocycles. The van der Waals surface area contributed by atoms with Gasteiger partial charge in [0.2, 0.25) is 0 Å². The van der Waals surface area contributed by atoms with Crippen molar-refractivity contribution in [1.29, 1.82) is 0 Å². The molecule has 0 bridgehead atoms. The van der Waals surface area contributed by atoms with Gasteiger partial charge in [0.1, 0.15) is 5.82 Å². The summed E-state index contributed by atoms with van der Waals surface area (Å²) in [5.41, 5.74) is 3.46. The predicted molar refractivity (Wildman–Crippen MR) is 82.3 cm³/mol. The Balaban J connectivity index is 2.14. The van der Waals surface area contributed by atoms with Gasteiger partial charge in [0.25, 0.3) is 0 Å². The first kappa shape index (κ1) is 13.9. The van der Waals surface area contributed by atoms with Crippen LogP contribution < -0.4 is 0 Å². The van der Waals surface area contributed by atoms with Crippen molar-refractivity contribution >= 4 is 22.6 Å². The normalized spacial score (nSPS) is 22.3. The lowest BCUT2D eigenvalue weighted by molar-refractivity contribution is -0.0688. The third-order valence-corrected chi connectivity index (χ3v) is 4.38. The zero-order valence-electron chi connectivity index (χ0n) is 12.3. The number of imidazole rings is 1. The van der Waals surface area contributed by atoms with E-state index in [9.17, 15) is 0 Å². The highest BCUT2D eigenvalue weighted by Crippen LogP contribution is 2.36. The molecule has 0 radical (unpaired) electrons. The minimum Gasteiger partial charge on any atom is -0.375 e. The Labute approximate surface area is 124 Å². The monoisotopic (exact) mass is 292 g/mol. The lowest BCUT2D eigenvalue weighted by Gasteiger charge is -2.37. The molecule has 1 fully saturated rings. The molecule has 1 aromatic carbocycles. The third-order valence-electron chi connectivity index (χ3n) is 4.14. The molecule has 1 unspecified atom stereocenters. The van der Waals surface area contributed by atoms with Crippen LogP contribution in [0.25, 0.3) is 11.0 Å². The Kier molecular flexibility index (Phi) is 3.51. The van der Waals surface area contributed by atoms with Crippen LogP contribution in [0, 0.1) is 6.92 Å². The quantitative estimate of drug-likeness (QED) is 0.775. The summed E-state index contributed by atoms with van der Waals surface area (Å²) in [7, 11) is 0. The summed E-state index contributed by atoms with van der Waals surface area (Å²) < 4.78 is 8.19. The second-order valence-corrected chi connectivity index (χ2v) is 6.50. The summed E-state index contributed by atoms with van der Waals surface area (Å²) in [6.07, 6.45) is 2.02. The molecule has 1 aliphatic rings. The lowest BCUT2D eigenvalue weighted by atomic mass is 9.93. The number of rotatable bonds is 2. The molecule has 2 heterocycles. The Morgan fingerprint density at radius 3 is 2.95 bits per heavy atom. The van der Waals surface area contributed by atoms with Crippen LogP contribution >= 0.6 is 11.6 Å². The molecular formula is C16H21ClN2O. The number of aryl methyl sites for hydroxylation is 1. The van der Waals surface area contributed by atoms with Crippen molar-refractivity contribution in [2.24, 2.45) is 0 Å². The lowest BCUT2D eigenvalue weighted by Crippen LogP contribution is -2.35. The number of aromatic nitrogens is 2. The molecule has 3 rings (SSSR count). The van der Waals surface area contributed by atoms with E-state index in [0.717, 1.165) is 30.8 Å². The minimum absolute atomic E-state index is 0.0776. The molecule has 3 nitrogen and oxygen atoms in total. The van der Waals surface area contributed by atoms with Crippen molar-refractivity contribution in [3.8, 4) is 0 Å². The van der Waals surface area contributed by atoms with Crippen LogP contribution in [-0.4, -0.2) is 21.8 Å². The van der Waals surface area contributed by atoms with E-state index >= 15 is 0 Å². The van der Waals surface area contributed by atoms with Gasteiger partial charge in [-0.2, -0.15) is 0 Å². The smallest absolute Gasteiger partial charge is 0.125 e. The van der Waals surface area contributed by atoms with E-state index in [1.54, 1.807) is 0 Å². The molecule has 4 heteroatoms. The topological polar surface area (TPSA) is 27.1 Å². The molecule has 1 atom stereocenters. The summed E-state index contributed by atoms with van der Waals surface area (Å²) in [5, 5.41) is 0. The molecule has 0 spiro atoms. The molecule has 108 valence electrons. The fourth-order valence-electron chi connectivity index (χ4n) is 3.28. The van der Waals surface area contributed by atoms with Gasteiger partial charge in [0, 0.05) is 12.6 Å². The van der Waals surface area contributed by atoms with Gasteiger partial charge < -0.3 is 9.30 Å². The Morgan fingerprint density at radius 2 is 2.25 bits per heavy atom. The highest BCUT2D eigenvalue weighted by atomic mass is 35.5. The van der Waals surface area contributed by atoms with Crippen molar-refractivity contribution < 1.29 is 4.74 Å². The zero-order valence-corrected chi connectivity index (χ0v) is 13.1. The van der Waals surface area contributed by atoms with Crippen LogP contribution in [-0.2, 0) is 10.6 Å². The second kappa shape index (κ2) is 5.05. The fraction of sp³-hybridized carbons (Fsp3) is 0.562. The number of nitrogens with zero attached hydrogens (tertiary/aromatic N) is 2. The first-order valence-electron chi connectivity index (χ1n) is 7.18. The molecule has 2 aromatic rings. The average molecular weight is 293 g/mol. The SMILES string of the molecule is Cc1cccc2nc(CCl)n(C3CCOC(C)(C)C3)c12. The summed E-state index contributed by atoms with van der Waals surface area (Å²) in [4.78, 5) is 4.71. The average Bonchev–Trinajstić information content (AvgIpc) is 2.77. The van der Waals surface area contributed by atoms with Gasteiger partial charge >= 0.3 is 0 Å². The number of benzene rings is 1. The van der Waals surface area contributed by atoms with Gasteiger partial charge in [0.05, 0.1) is 22.5 Å². The largest absolute Gasteiger partial charge is 0.375 e. The van der Waals surface area contributed by atoms with Crippen LogP contribution in [0.5, 0.6) is 0 Å². The van der Waals surface area contributed by atoms with Crippen LogP contribution in [0.1, 0.15) is 44.1 Å². The van der Waals surface area contributed by atoms with Crippen molar-refractivity contribution in [1.82, 2.24) is 9.55 Å². The number of fused-ring (bicyclic) bond motifs is 1. The van der Waals surface area contributed by atoms with Gasteiger partial charge in [0.15, 0.2) is 0 Å². The molecule has 0 amide bonds. The standard InChI is InChI=1S/C16H21ClN2O/c1-11-5-4-6-13-15(11)19(14(10-17)18-13)12-7-8-20-16(2,3)9-12/h4-6,12H,7-10H2,1-3H3. The maximum absolute atomic E-state index is 6.13. The highest BCUT2D eigenvalue weighted by Gasteiger charge is 2.31. The fourth-order valence-corrected chi connectivity index (χ4v) is 3.47. The van der Waals surface area contributed by atoms with Crippen LogP contribution in [0.2, 0.25) is 0 Å². The Hall–Kier alpha value is -1.06. The molecular weight excluding hydrogens is 272 g/mol. The zero-order chi connectivity index (χ0) is 14.3. The molecule has 0 N–H and O–H groups in total. The van der Waals surface area contributed by atoms with Crippen molar-refractivity contribution in [2.45, 2.75) is 51.1 Å². The number of halogens is 1. The summed E-state index contributed by atoms with van der Waals surface area (Å²) in [5.74, 6) is 1.42. The van der Waals surface area contributed by atoms with Gasteiger partial charge in [-0.15, -0.1) is 11.6 Å². The van der Waals surface area contributed by atoms with Crippen LogP contribution in [0.3, 0.4) is 0 Å². The number of hydrogen-bond acceptors (Lipinski definition) is 2.